The van der Waals surface area contributed by atoms with E-state index in [1.54, 1.807) is 0 Å². The third-order valence-corrected chi connectivity index (χ3v) is 3.15. The molecular formula is C9H20N2. The Hall–Kier alpha value is -0.0800. The summed E-state index contributed by atoms with van der Waals surface area (Å²) >= 11 is 0. The van der Waals surface area contributed by atoms with E-state index >= 15 is 0 Å². The van der Waals surface area contributed by atoms with Crippen LogP contribution in [0.5, 0.6) is 0 Å². The maximum Gasteiger partial charge on any atom is 0.00501 e. The van der Waals surface area contributed by atoms with E-state index in [1.165, 1.54) is 45.3 Å². The molecule has 11 heavy (non-hydrogen) atoms. The maximum absolute atomic E-state index is 5.72. The van der Waals surface area contributed by atoms with E-state index in [-0.39, 0.29) is 1.43 Å². The fourth-order valence-electron chi connectivity index (χ4n) is 2.02. The molecule has 1 saturated heterocycles. The first-order valence-corrected chi connectivity index (χ1v) is 4.77. The largest absolute Gasteiger partial charge is 0.330 e. The van der Waals surface area contributed by atoms with Crippen LogP contribution in [0.25, 0.3) is 0 Å². The summed E-state index contributed by atoms with van der Waals surface area (Å²) in [6, 6.07) is 0. The minimum atomic E-state index is 0. The Kier molecular flexibility index (Phi) is 1.90. The van der Waals surface area contributed by atoms with Crippen molar-refractivity contribution in [2.75, 3.05) is 26.2 Å². The first-order chi connectivity index (χ1) is 5.35. The van der Waals surface area contributed by atoms with Crippen molar-refractivity contribution in [1.29, 1.82) is 0 Å². The zero-order valence-corrected chi connectivity index (χ0v) is 7.18. The van der Waals surface area contributed by atoms with E-state index in [9.17, 15) is 0 Å². The van der Waals surface area contributed by atoms with Gasteiger partial charge >= 0.3 is 0 Å². The van der Waals surface area contributed by atoms with Crippen LogP contribution in [0.3, 0.4) is 0 Å². The number of hydrogen-bond acceptors (Lipinski definition) is 2. The van der Waals surface area contributed by atoms with Crippen LogP contribution in [0.2, 0.25) is 0 Å². The minimum absolute atomic E-state index is 0. The van der Waals surface area contributed by atoms with E-state index in [4.69, 9.17) is 5.73 Å². The fourth-order valence-corrected chi connectivity index (χ4v) is 2.02. The van der Waals surface area contributed by atoms with Crippen LogP contribution in [-0.2, 0) is 0 Å². The minimum Gasteiger partial charge on any atom is -0.330 e. The van der Waals surface area contributed by atoms with Gasteiger partial charge in [-0.05, 0) is 50.7 Å². The van der Waals surface area contributed by atoms with Gasteiger partial charge in [-0.2, -0.15) is 0 Å². The molecule has 0 radical (unpaired) electrons. The van der Waals surface area contributed by atoms with E-state index in [0.717, 1.165) is 6.54 Å². The molecule has 1 saturated carbocycles. The molecular weight excluding hydrogens is 136 g/mol. The van der Waals surface area contributed by atoms with Gasteiger partial charge in [0, 0.05) is 7.97 Å². The van der Waals surface area contributed by atoms with Crippen LogP contribution < -0.4 is 5.73 Å². The molecule has 0 unspecified atom stereocenters. The van der Waals surface area contributed by atoms with Gasteiger partial charge in [0.25, 0.3) is 0 Å². The van der Waals surface area contributed by atoms with Crippen LogP contribution >= 0.6 is 0 Å². The lowest BCUT2D eigenvalue weighted by atomic mass is 10.1. The van der Waals surface area contributed by atoms with Gasteiger partial charge in [0.15, 0.2) is 0 Å². The van der Waals surface area contributed by atoms with Crippen LogP contribution in [0.4, 0.5) is 0 Å². The zero-order chi connectivity index (χ0) is 7.73. The first-order valence-electron chi connectivity index (χ1n) is 4.77. The number of likely N-dealkylation sites (tertiary alicyclic amines) is 1. The highest BCUT2D eigenvalue weighted by molar-refractivity contribution is 4.96. The van der Waals surface area contributed by atoms with Crippen molar-refractivity contribution in [2.24, 2.45) is 11.1 Å². The average Bonchev–Trinajstić information content (AvgIpc) is 2.59. The Morgan fingerprint density at radius 1 is 1.27 bits per heavy atom. The topological polar surface area (TPSA) is 29.3 Å². The van der Waals surface area contributed by atoms with Gasteiger partial charge in [0.05, 0.1) is 0 Å². The fraction of sp³-hybridized carbons (Fsp3) is 1.00. The predicted molar refractivity (Wildman–Crippen MR) is 48.5 cm³/mol. The summed E-state index contributed by atoms with van der Waals surface area (Å²) in [4.78, 5) is 2.58. The van der Waals surface area contributed by atoms with Crippen LogP contribution in [-0.4, -0.2) is 31.1 Å². The SMILES string of the molecule is NCC1(CN2CCCC2)CC1.[HH]. The van der Waals surface area contributed by atoms with Gasteiger partial charge in [0.1, 0.15) is 0 Å². The summed E-state index contributed by atoms with van der Waals surface area (Å²) in [6.07, 6.45) is 5.56. The monoisotopic (exact) mass is 156 g/mol. The van der Waals surface area contributed by atoms with Crippen molar-refractivity contribution >= 4 is 0 Å². The van der Waals surface area contributed by atoms with Gasteiger partial charge in [0.2, 0.25) is 0 Å². The summed E-state index contributed by atoms with van der Waals surface area (Å²) in [5.41, 5.74) is 6.28. The van der Waals surface area contributed by atoms with E-state index < -0.39 is 0 Å². The normalized spacial score (nSPS) is 29.2. The summed E-state index contributed by atoms with van der Waals surface area (Å²) in [5.74, 6) is 0. The zero-order valence-electron chi connectivity index (χ0n) is 7.18. The Morgan fingerprint density at radius 2 is 1.91 bits per heavy atom. The molecule has 2 N–H and O–H groups in total. The summed E-state index contributed by atoms with van der Waals surface area (Å²) in [5, 5.41) is 0. The standard InChI is InChI=1S/C9H18N2.H2/c10-7-9(3-4-9)8-11-5-1-2-6-11;/h1-8,10H2;1H. The highest BCUT2D eigenvalue weighted by atomic mass is 15.1. The van der Waals surface area contributed by atoms with Gasteiger partial charge < -0.3 is 10.6 Å². The molecule has 2 nitrogen and oxygen atoms in total. The van der Waals surface area contributed by atoms with E-state index in [0.29, 0.717) is 5.41 Å². The smallest absolute Gasteiger partial charge is 0.00501 e. The van der Waals surface area contributed by atoms with Crippen LogP contribution in [0.1, 0.15) is 27.1 Å². The van der Waals surface area contributed by atoms with Gasteiger partial charge in [-0.3, -0.25) is 0 Å². The molecule has 2 heteroatoms. The predicted octanol–water partition coefficient (Wildman–Crippen LogP) is 1.07. The molecule has 0 atom stereocenters. The molecule has 0 aromatic heterocycles. The molecule has 2 rings (SSSR count). The summed E-state index contributed by atoms with van der Waals surface area (Å²) in [6.45, 7) is 4.83. The number of nitrogens with two attached hydrogens (primary N) is 1. The third-order valence-electron chi connectivity index (χ3n) is 3.15. The molecule has 1 aliphatic heterocycles. The third kappa shape index (κ3) is 1.57. The lowest BCUT2D eigenvalue weighted by molar-refractivity contribution is 0.268. The van der Waals surface area contributed by atoms with Crippen molar-refractivity contribution in [1.82, 2.24) is 4.90 Å². The van der Waals surface area contributed by atoms with Crippen LogP contribution in [0, 0.1) is 5.41 Å². The quantitative estimate of drug-likeness (QED) is 0.662. The van der Waals surface area contributed by atoms with Crippen molar-refractivity contribution < 1.29 is 1.43 Å². The molecule has 1 heterocycles. The second-order valence-corrected chi connectivity index (χ2v) is 4.19. The lowest BCUT2D eigenvalue weighted by Gasteiger charge is -2.21. The average molecular weight is 156 g/mol. The molecule has 2 fully saturated rings. The van der Waals surface area contributed by atoms with Crippen molar-refractivity contribution in [3.05, 3.63) is 0 Å². The first kappa shape index (κ1) is 7.56. The lowest BCUT2D eigenvalue weighted by Crippen LogP contribution is -2.32. The second kappa shape index (κ2) is 2.76. The number of hydrogen-bond donors (Lipinski definition) is 1. The number of rotatable bonds is 3. The maximum atomic E-state index is 5.72. The van der Waals surface area contributed by atoms with Crippen molar-refractivity contribution in [3.63, 3.8) is 0 Å². The molecule has 0 aromatic rings. The highest BCUT2D eigenvalue weighted by Gasteiger charge is 2.42. The van der Waals surface area contributed by atoms with Crippen LogP contribution in [0.15, 0.2) is 0 Å². The molecule has 0 aromatic carbocycles. The second-order valence-electron chi connectivity index (χ2n) is 4.19. The van der Waals surface area contributed by atoms with Crippen molar-refractivity contribution in [2.45, 2.75) is 25.7 Å². The Labute approximate surface area is 70.2 Å². The van der Waals surface area contributed by atoms with E-state index in [2.05, 4.69) is 4.90 Å². The summed E-state index contributed by atoms with van der Waals surface area (Å²) < 4.78 is 0. The molecule has 2 aliphatic rings. The Bertz CT molecular complexity index is 139. The summed E-state index contributed by atoms with van der Waals surface area (Å²) in [7, 11) is 0. The highest BCUT2D eigenvalue weighted by Crippen LogP contribution is 2.45. The Morgan fingerprint density at radius 3 is 2.36 bits per heavy atom. The molecule has 1 aliphatic carbocycles. The number of nitrogens with zero attached hydrogens (tertiary/aromatic N) is 1. The molecule has 0 bridgehead atoms. The van der Waals surface area contributed by atoms with Gasteiger partial charge in [-0.1, -0.05) is 0 Å². The van der Waals surface area contributed by atoms with Gasteiger partial charge in [-0.15, -0.1) is 0 Å². The van der Waals surface area contributed by atoms with Gasteiger partial charge in [-0.25, -0.2) is 0 Å². The Balaban J connectivity index is 0.000000720. The van der Waals surface area contributed by atoms with Crippen molar-refractivity contribution in [3.8, 4) is 0 Å². The molecule has 0 amide bonds. The molecule has 66 valence electrons. The molecule has 0 spiro atoms. The van der Waals surface area contributed by atoms with E-state index in [1.807, 2.05) is 0 Å².